The van der Waals surface area contributed by atoms with E-state index in [1.165, 1.54) is 0 Å². The van der Waals surface area contributed by atoms with Crippen molar-refractivity contribution in [2.45, 2.75) is 69.8 Å². The molecule has 2 saturated heterocycles. The lowest BCUT2D eigenvalue weighted by Crippen LogP contribution is -2.65. The highest BCUT2D eigenvalue weighted by molar-refractivity contribution is 5.13. The highest BCUT2D eigenvalue weighted by Gasteiger charge is 2.51. The topological polar surface area (TPSA) is 66.4 Å². The Balaban J connectivity index is 1.69. The van der Waals surface area contributed by atoms with Crippen LogP contribution in [-0.4, -0.2) is 54.8 Å². The molecule has 5 atom stereocenters. The van der Waals surface area contributed by atoms with Crippen LogP contribution in [0.15, 0.2) is 30.3 Å². The van der Waals surface area contributed by atoms with Crippen LogP contribution in [-0.2, 0) is 30.3 Å². The van der Waals surface area contributed by atoms with Gasteiger partial charge in [0.2, 0.25) is 0 Å². The zero-order valence-corrected chi connectivity index (χ0v) is 15.9. The van der Waals surface area contributed by atoms with Crippen LogP contribution in [0, 0.1) is 12.3 Å². The number of rotatable bonds is 7. The van der Waals surface area contributed by atoms with E-state index < -0.39 is 30.4 Å². The summed E-state index contributed by atoms with van der Waals surface area (Å²) in [5.74, 6) is 1.81. The molecule has 2 heterocycles. The molecular formula is C21H28O6. The summed E-state index contributed by atoms with van der Waals surface area (Å²) in [7, 11) is 0. The van der Waals surface area contributed by atoms with Crippen molar-refractivity contribution in [2.75, 3.05) is 13.2 Å². The van der Waals surface area contributed by atoms with E-state index in [1.54, 1.807) is 0 Å². The van der Waals surface area contributed by atoms with Gasteiger partial charge in [-0.1, -0.05) is 30.3 Å². The quantitative estimate of drug-likeness (QED) is 0.582. The van der Waals surface area contributed by atoms with Crippen molar-refractivity contribution < 1.29 is 28.8 Å². The molecule has 2 fully saturated rings. The molecule has 0 bridgehead atoms. The van der Waals surface area contributed by atoms with Crippen LogP contribution in [0.1, 0.15) is 32.3 Å². The fourth-order valence-corrected chi connectivity index (χ4v) is 3.28. The maximum atomic E-state index is 10.8. The molecule has 1 aromatic rings. The Hall–Kier alpha value is -1.46. The summed E-state index contributed by atoms with van der Waals surface area (Å²) in [5, 5.41) is 10.8. The third-order valence-corrected chi connectivity index (χ3v) is 4.66. The summed E-state index contributed by atoms with van der Waals surface area (Å²) >= 11 is 0. The van der Waals surface area contributed by atoms with Gasteiger partial charge in [0, 0.05) is 6.42 Å². The molecule has 0 radical (unpaired) electrons. The Morgan fingerprint density at radius 2 is 2.04 bits per heavy atom. The molecule has 0 amide bonds. The average molecular weight is 376 g/mol. The molecule has 0 spiro atoms. The van der Waals surface area contributed by atoms with Crippen LogP contribution in [0.3, 0.4) is 0 Å². The van der Waals surface area contributed by atoms with E-state index in [9.17, 15) is 5.11 Å². The van der Waals surface area contributed by atoms with E-state index in [2.05, 4.69) is 5.92 Å². The maximum absolute atomic E-state index is 10.8. The summed E-state index contributed by atoms with van der Waals surface area (Å²) in [4.78, 5) is 0. The first-order valence-electron chi connectivity index (χ1n) is 9.36. The number of benzene rings is 1. The predicted octanol–water partition coefficient (Wildman–Crippen LogP) is 2.24. The Kier molecular flexibility index (Phi) is 6.88. The van der Waals surface area contributed by atoms with Crippen molar-refractivity contribution in [1.82, 2.24) is 0 Å². The molecule has 0 aliphatic carbocycles. The van der Waals surface area contributed by atoms with Crippen molar-refractivity contribution in [3.05, 3.63) is 35.9 Å². The zero-order valence-electron chi connectivity index (χ0n) is 15.9. The summed E-state index contributed by atoms with van der Waals surface area (Å²) in [5.41, 5.74) is 1.02. The lowest BCUT2D eigenvalue weighted by molar-refractivity contribution is -0.386. The second-order valence-electron chi connectivity index (χ2n) is 7.27. The molecular weight excluding hydrogens is 348 g/mol. The van der Waals surface area contributed by atoms with Crippen LogP contribution in [0.2, 0.25) is 0 Å². The normalized spacial score (nSPS) is 32.4. The molecule has 1 aromatic carbocycles. The molecule has 2 aliphatic heterocycles. The minimum atomic E-state index is -0.977. The monoisotopic (exact) mass is 376 g/mol. The van der Waals surface area contributed by atoms with E-state index in [0.717, 1.165) is 5.56 Å². The highest BCUT2D eigenvalue weighted by Crippen LogP contribution is 2.34. The van der Waals surface area contributed by atoms with Crippen molar-refractivity contribution >= 4 is 0 Å². The number of unbranched alkanes of at least 4 members (excludes halogenated alkanes) is 1. The molecule has 1 N–H and O–H groups in total. The smallest absolute Gasteiger partial charge is 0.186 e. The van der Waals surface area contributed by atoms with Crippen molar-refractivity contribution in [2.24, 2.45) is 0 Å². The summed E-state index contributed by atoms with van der Waals surface area (Å²) in [6, 6.07) is 9.81. The standard InChI is InChI=1S/C21H28O6/c1-4-5-9-12-23-20-17(22)19(24-13-15-10-7-6-8-11-15)18-16(26-20)14-25-21(2,3)27-18/h1,6-8,10-11,16-20,22H,5,9,12-14H2,2-3H3/t16?,17?,18-,19-,20+/m0/s1. The molecule has 6 heteroatoms. The van der Waals surface area contributed by atoms with Crippen LogP contribution in [0.4, 0.5) is 0 Å². The first-order valence-corrected chi connectivity index (χ1v) is 9.36. The Labute approximate surface area is 160 Å². The van der Waals surface area contributed by atoms with E-state index in [1.807, 2.05) is 44.2 Å². The van der Waals surface area contributed by atoms with Gasteiger partial charge in [0.05, 0.1) is 19.8 Å². The molecule has 2 unspecified atom stereocenters. The van der Waals surface area contributed by atoms with Gasteiger partial charge in [0.1, 0.15) is 24.4 Å². The molecule has 27 heavy (non-hydrogen) atoms. The minimum Gasteiger partial charge on any atom is -0.385 e. The Morgan fingerprint density at radius 1 is 1.26 bits per heavy atom. The van der Waals surface area contributed by atoms with Gasteiger partial charge in [-0.2, -0.15) is 0 Å². The van der Waals surface area contributed by atoms with E-state index in [4.69, 9.17) is 30.1 Å². The van der Waals surface area contributed by atoms with Crippen LogP contribution in [0.25, 0.3) is 0 Å². The van der Waals surface area contributed by atoms with Gasteiger partial charge in [-0.25, -0.2) is 0 Å². The van der Waals surface area contributed by atoms with Gasteiger partial charge in [-0.3, -0.25) is 0 Å². The number of aliphatic hydroxyl groups excluding tert-OH is 1. The van der Waals surface area contributed by atoms with Crippen LogP contribution >= 0.6 is 0 Å². The number of aliphatic hydroxyl groups is 1. The van der Waals surface area contributed by atoms with Gasteiger partial charge >= 0.3 is 0 Å². The SMILES string of the molecule is C#CCCCO[C@@H]1OC2COC(C)(C)O[C@@H]2[C@@H](OCc2ccccc2)C1O. The second kappa shape index (κ2) is 9.16. The van der Waals surface area contributed by atoms with Crippen LogP contribution < -0.4 is 0 Å². The average Bonchev–Trinajstić information content (AvgIpc) is 2.65. The molecule has 2 aliphatic rings. The van der Waals surface area contributed by atoms with E-state index in [-0.39, 0.29) is 6.10 Å². The van der Waals surface area contributed by atoms with Gasteiger partial charge in [-0.05, 0) is 25.8 Å². The maximum Gasteiger partial charge on any atom is 0.186 e. The van der Waals surface area contributed by atoms with E-state index >= 15 is 0 Å². The fraction of sp³-hybridized carbons (Fsp3) is 0.619. The molecule has 6 nitrogen and oxygen atoms in total. The van der Waals surface area contributed by atoms with Crippen molar-refractivity contribution in [3.8, 4) is 12.3 Å². The highest BCUT2D eigenvalue weighted by atomic mass is 16.8. The number of fused-ring (bicyclic) bond motifs is 1. The van der Waals surface area contributed by atoms with Crippen molar-refractivity contribution in [3.63, 3.8) is 0 Å². The number of hydrogen-bond donors (Lipinski definition) is 1. The van der Waals surface area contributed by atoms with Gasteiger partial charge in [-0.15, -0.1) is 12.3 Å². The molecule has 0 aromatic heterocycles. The number of hydrogen-bond acceptors (Lipinski definition) is 6. The first-order chi connectivity index (χ1) is 13.0. The van der Waals surface area contributed by atoms with Gasteiger partial charge in [0.15, 0.2) is 12.1 Å². The van der Waals surface area contributed by atoms with Crippen molar-refractivity contribution in [1.29, 1.82) is 0 Å². The zero-order chi connectivity index (χ0) is 19.3. The number of terminal acetylenes is 1. The van der Waals surface area contributed by atoms with Gasteiger partial charge in [0.25, 0.3) is 0 Å². The fourth-order valence-electron chi connectivity index (χ4n) is 3.28. The summed E-state index contributed by atoms with van der Waals surface area (Å²) in [6.07, 6.45) is 3.38. The lowest BCUT2D eigenvalue weighted by Gasteiger charge is -2.49. The Morgan fingerprint density at radius 3 is 2.78 bits per heavy atom. The molecule has 0 saturated carbocycles. The largest absolute Gasteiger partial charge is 0.385 e. The lowest BCUT2D eigenvalue weighted by atomic mass is 9.97. The number of ether oxygens (including phenoxy) is 5. The molecule has 3 rings (SSSR count). The van der Waals surface area contributed by atoms with Crippen LogP contribution in [0.5, 0.6) is 0 Å². The van der Waals surface area contributed by atoms with Gasteiger partial charge < -0.3 is 28.8 Å². The predicted molar refractivity (Wildman–Crippen MR) is 98.6 cm³/mol. The minimum absolute atomic E-state index is 0.347. The second-order valence-corrected chi connectivity index (χ2v) is 7.27. The third kappa shape index (κ3) is 5.29. The summed E-state index contributed by atoms with van der Waals surface area (Å²) < 4.78 is 29.4. The summed E-state index contributed by atoms with van der Waals surface area (Å²) in [6.45, 7) is 4.79. The first kappa shape index (κ1) is 20.3. The van der Waals surface area contributed by atoms with E-state index in [0.29, 0.717) is 32.7 Å². The Bertz CT molecular complexity index is 625. The third-order valence-electron chi connectivity index (χ3n) is 4.66. The molecule has 148 valence electrons.